The van der Waals surface area contributed by atoms with Crippen LogP contribution in [-0.4, -0.2) is 34.8 Å². The zero-order valence-corrected chi connectivity index (χ0v) is 18.4. The molecule has 0 saturated heterocycles. The van der Waals surface area contributed by atoms with Gasteiger partial charge in [-0.1, -0.05) is 17.3 Å². The summed E-state index contributed by atoms with van der Waals surface area (Å²) in [4.78, 5) is 29.7. The highest BCUT2D eigenvalue weighted by atomic mass is 16.6. The Labute approximate surface area is 202 Å². The number of ether oxygens (including phenoxy) is 1. The van der Waals surface area contributed by atoms with E-state index in [0.717, 1.165) is 0 Å². The molecule has 13 nitrogen and oxygen atoms in total. The molecular weight excluding hydrogens is 468 g/mol. The molecule has 0 unspecified atom stereocenters. The van der Waals surface area contributed by atoms with Crippen LogP contribution in [0.2, 0.25) is 0 Å². The first-order valence-corrected chi connectivity index (χ1v) is 10.5. The van der Waals surface area contributed by atoms with Crippen molar-refractivity contribution in [2.75, 3.05) is 5.32 Å². The molecular formula is C23H16N8O5. The minimum atomic E-state index is -0.476. The highest BCUT2D eigenvalue weighted by Gasteiger charge is 2.11. The summed E-state index contributed by atoms with van der Waals surface area (Å²) in [6, 6.07) is 17.4. The Kier molecular flexibility index (Phi) is 5.85. The fourth-order valence-electron chi connectivity index (χ4n) is 3.46. The number of hydrogen-bond acceptors (Lipinski definition) is 10. The van der Waals surface area contributed by atoms with Crippen molar-refractivity contribution in [3.8, 4) is 11.4 Å². The Hall–Kier alpha value is -5.46. The maximum absolute atomic E-state index is 11.1. The van der Waals surface area contributed by atoms with E-state index in [-0.39, 0.29) is 18.0 Å². The SMILES string of the molecule is O=[N+]([O-])c1cccc(Nc2ncnc3ccc(OCc4cn(-c5cccc([N+](=O)[O-])c5)nn4)cc23)c1. The van der Waals surface area contributed by atoms with E-state index in [1.54, 1.807) is 48.7 Å². The molecule has 5 rings (SSSR count). The van der Waals surface area contributed by atoms with Gasteiger partial charge >= 0.3 is 0 Å². The molecule has 0 aliphatic rings. The van der Waals surface area contributed by atoms with Crippen molar-refractivity contribution in [1.29, 1.82) is 0 Å². The smallest absolute Gasteiger partial charge is 0.271 e. The van der Waals surface area contributed by atoms with Gasteiger partial charge in [-0.15, -0.1) is 5.10 Å². The van der Waals surface area contributed by atoms with Crippen LogP contribution in [0.25, 0.3) is 16.6 Å². The summed E-state index contributed by atoms with van der Waals surface area (Å²) >= 11 is 0. The van der Waals surface area contributed by atoms with Crippen molar-refractivity contribution in [3.05, 3.63) is 105 Å². The van der Waals surface area contributed by atoms with Gasteiger partial charge in [-0.05, 0) is 30.3 Å². The van der Waals surface area contributed by atoms with Gasteiger partial charge < -0.3 is 10.1 Å². The van der Waals surface area contributed by atoms with Gasteiger partial charge in [0.25, 0.3) is 11.4 Å². The lowest BCUT2D eigenvalue weighted by Crippen LogP contribution is -1.99. The van der Waals surface area contributed by atoms with Crippen LogP contribution in [0.3, 0.4) is 0 Å². The van der Waals surface area contributed by atoms with Crippen LogP contribution in [-0.2, 0) is 6.61 Å². The topological polar surface area (TPSA) is 164 Å². The van der Waals surface area contributed by atoms with Gasteiger partial charge in [0.2, 0.25) is 0 Å². The van der Waals surface area contributed by atoms with Crippen molar-refractivity contribution in [2.45, 2.75) is 6.61 Å². The Balaban J connectivity index is 1.34. The lowest BCUT2D eigenvalue weighted by molar-refractivity contribution is -0.385. The highest BCUT2D eigenvalue weighted by Crippen LogP contribution is 2.28. The quantitative estimate of drug-likeness (QED) is 0.247. The normalized spacial score (nSPS) is 10.8. The molecule has 36 heavy (non-hydrogen) atoms. The monoisotopic (exact) mass is 484 g/mol. The van der Waals surface area contributed by atoms with Crippen LogP contribution in [0.4, 0.5) is 22.9 Å². The highest BCUT2D eigenvalue weighted by molar-refractivity contribution is 5.91. The second-order valence-electron chi connectivity index (χ2n) is 7.55. The van der Waals surface area contributed by atoms with Crippen molar-refractivity contribution in [1.82, 2.24) is 25.0 Å². The first-order valence-electron chi connectivity index (χ1n) is 10.5. The van der Waals surface area contributed by atoms with E-state index in [0.29, 0.717) is 39.5 Å². The Morgan fingerprint density at radius 3 is 2.50 bits per heavy atom. The molecule has 1 N–H and O–H groups in total. The van der Waals surface area contributed by atoms with Gasteiger partial charge in [0.1, 0.15) is 30.2 Å². The van der Waals surface area contributed by atoms with Gasteiger partial charge in [-0.25, -0.2) is 14.6 Å². The molecule has 0 aliphatic heterocycles. The fourth-order valence-corrected chi connectivity index (χ4v) is 3.46. The van der Waals surface area contributed by atoms with Crippen LogP contribution < -0.4 is 10.1 Å². The van der Waals surface area contributed by atoms with E-state index in [1.165, 1.54) is 35.3 Å². The molecule has 178 valence electrons. The van der Waals surface area contributed by atoms with Gasteiger partial charge in [0.05, 0.1) is 27.2 Å². The van der Waals surface area contributed by atoms with Crippen LogP contribution in [0.15, 0.2) is 79.3 Å². The average Bonchev–Trinajstić information content (AvgIpc) is 3.37. The maximum Gasteiger partial charge on any atom is 0.271 e. The summed E-state index contributed by atoms with van der Waals surface area (Å²) in [7, 11) is 0. The summed E-state index contributed by atoms with van der Waals surface area (Å²) in [6.07, 6.45) is 3.02. The number of nitro groups is 2. The van der Waals surface area contributed by atoms with Crippen molar-refractivity contribution in [3.63, 3.8) is 0 Å². The van der Waals surface area contributed by atoms with E-state index in [9.17, 15) is 20.2 Å². The standard InChI is InChI=1S/C23H16N8O5/c32-30(33)18-5-1-3-15(9-18)26-23-21-11-20(7-8-22(21)24-14-25-23)36-13-16-12-29(28-27-16)17-4-2-6-19(10-17)31(34)35/h1-12,14H,13H2,(H,24,25,26). The van der Waals surface area contributed by atoms with Crippen LogP contribution in [0, 0.1) is 20.2 Å². The van der Waals surface area contributed by atoms with E-state index in [1.807, 2.05) is 0 Å². The lowest BCUT2D eigenvalue weighted by atomic mass is 10.2. The predicted octanol–water partition coefficient (Wildman–Crippen LogP) is 4.35. The molecule has 2 heterocycles. The first-order chi connectivity index (χ1) is 17.5. The third-order valence-electron chi connectivity index (χ3n) is 5.16. The number of anilines is 2. The number of rotatable bonds is 8. The number of aromatic nitrogens is 5. The number of benzene rings is 3. The Bertz CT molecular complexity index is 1600. The molecule has 0 amide bonds. The molecule has 5 aromatic rings. The van der Waals surface area contributed by atoms with E-state index in [4.69, 9.17) is 4.74 Å². The summed E-state index contributed by atoms with van der Waals surface area (Å²) < 4.78 is 7.30. The molecule has 13 heteroatoms. The number of fused-ring (bicyclic) bond motifs is 1. The summed E-state index contributed by atoms with van der Waals surface area (Å²) in [5.74, 6) is 0.979. The molecule has 0 fully saturated rings. The molecule has 0 radical (unpaired) electrons. The first kappa shape index (κ1) is 22.3. The van der Waals surface area contributed by atoms with E-state index >= 15 is 0 Å². The number of nitrogens with zero attached hydrogens (tertiary/aromatic N) is 7. The van der Waals surface area contributed by atoms with Crippen molar-refractivity contribution < 1.29 is 14.6 Å². The van der Waals surface area contributed by atoms with E-state index < -0.39 is 9.85 Å². The van der Waals surface area contributed by atoms with E-state index in [2.05, 4.69) is 25.6 Å². The number of hydrogen-bond donors (Lipinski definition) is 1. The predicted molar refractivity (Wildman–Crippen MR) is 128 cm³/mol. The minimum Gasteiger partial charge on any atom is -0.487 e. The molecule has 0 aliphatic carbocycles. The Morgan fingerprint density at radius 2 is 1.69 bits per heavy atom. The molecule has 0 saturated carbocycles. The summed E-state index contributed by atoms with van der Waals surface area (Å²) in [5, 5.41) is 33.9. The summed E-state index contributed by atoms with van der Waals surface area (Å²) in [6.45, 7) is 0.0990. The average molecular weight is 484 g/mol. The van der Waals surface area contributed by atoms with Crippen molar-refractivity contribution in [2.24, 2.45) is 0 Å². The second-order valence-corrected chi connectivity index (χ2v) is 7.55. The van der Waals surface area contributed by atoms with Crippen molar-refractivity contribution >= 4 is 33.8 Å². The summed E-state index contributed by atoms with van der Waals surface area (Å²) in [5.41, 5.74) is 2.09. The van der Waals surface area contributed by atoms with Gasteiger partial charge in [0.15, 0.2) is 0 Å². The zero-order valence-electron chi connectivity index (χ0n) is 18.4. The molecule has 3 aromatic carbocycles. The zero-order chi connectivity index (χ0) is 25.1. The van der Waals surface area contributed by atoms with Crippen LogP contribution in [0.5, 0.6) is 5.75 Å². The number of nitrogens with one attached hydrogen (secondary N) is 1. The third kappa shape index (κ3) is 4.75. The number of nitro benzene ring substituents is 2. The molecule has 0 atom stereocenters. The lowest BCUT2D eigenvalue weighted by Gasteiger charge is -2.10. The third-order valence-corrected chi connectivity index (χ3v) is 5.16. The Morgan fingerprint density at radius 1 is 0.917 bits per heavy atom. The molecule has 2 aromatic heterocycles. The van der Waals surface area contributed by atoms with Crippen LogP contribution in [0.1, 0.15) is 5.69 Å². The van der Waals surface area contributed by atoms with Crippen LogP contribution >= 0.6 is 0 Å². The van der Waals surface area contributed by atoms with Gasteiger partial charge in [-0.2, -0.15) is 0 Å². The largest absolute Gasteiger partial charge is 0.487 e. The molecule has 0 bridgehead atoms. The second kappa shape index (κ2) is 9.42. The maximum atomic E-state index is 11.1. The molecule has 0 spiro atoms. The fraction of sp³-hybridized carbons (Fsp3) is 0.0435. The number of non-ortho nitro benzene ring substituents is 2. The van der Waals surface area contributed by atoms with Gasteiger partial charge in [-0.3, -0.25) is 20.2 Å². The van der Waals surface area contributed by atoms with Gasteiger partial charge in [0, 0.05) is 35.3 Å². The minimum absolute atomic E-state index is 0.0412.